The third-order valence-corrected chi connectivity index (χ3v) is 5.16. The predicted molar refractivity (Wildman–Crippen MR) is 124 cm³/mol. The van der Waals surface area contributed by atoms with Crippen molar-refractivity contribution in [3.8, 4) is 11.5 Å². The summed E-state index contributed by atoms with van der Waals surface area (Å²) in [6.07, 6.45) is -1.09. The molecule has 0 aliphatic rings. The van der Waals surface area contributed by atoms with Crippen LogP contribution >= 0.6 is 0 Å². The summed E-state index contributed by atoms with van der Waals surface area (Å²) in [6.45, 7) is 2.60. The fraction of sp³-hybridized carbons (Fsp3) is 0.231. The first kappa shape index (κ1) is 23.3. The quantitative estimate of drug-likeness (QED) is 0.318. The van der Waals surface area contributed by atoms with Gasteiger partial charge in [0.1, 0.15) is 22.8 Å². The Balaban J connectivity index is 1.46. The van der Waals surface area contributed by atoms with Crippen molar-refractivity contribution in [2.75, 3.05) is 6.54 Å². The number of para-hydroxylation sites is 2. The first-order chi connectivity index (χ1) is 16.5. The normalized spacial score (nSPS) is 12.9. The third kappa shape index (κ3) is 5.90. The number of benzene rings is 3. The zero-order valence-electron chi connectivity index (χ0n) is 18.6. The van der Waals surface area contributed by atoms with Crippen LogP contribution in [0.25, 0.3) is 11.1 Å². The second kappa shape index (κ2) is 10.8. The number of aromatic nitrogens is 1. The summed E-state index contributed by atoms with van der Waals surface area (Å²) in [5.41, 5.74) is 2.29. The van der Waals surface area contributed by atoms with Gasteiger partial charge in [0.25, 0.3) is 0 Å². The molecule has 8 heteroatoms. The molecule has 2 atom stereocenters. The molecule has 0 radical (unpaired) electrons. The molecule has 0 saturated carbocycles. The van der Waals surface area contributed by atoms with E-state index in [9.17, 15) is 14.3 Å². The molecular formula is C26H25FN2O5. The second-order valence-electron chi connectivity index (χ2n) is 7.71. The van der Waals surface area contributed by atoms with E-state index in [-0.39, 0.29) is 5.82 Å². The molecule has 1 heterocycles. The van der Waals surface area contributed by atoms with Gasteiger partial charge in [0.2, 0.25) is 5.89 Å². The Morgan fingerprint density at radius 2 is 1.85 bits per heavy atom. The Bertz CT molecular complexity index is 1210. The van der Waals surface area contributed by atoms with Crippen LogP contribution in [-0.4, -0.2) is 28.7 Å². The fourth-order valence-corrected chi connectivity index (χ4v) is 3.43. The molecular weight excluding hydrogens is 439 g/mol. The van der Waals surface area contributed by atoms with Crippen molar-refractivity contribution in [2.24, 2.45) is 0 Å². The zero-order chi connectivity index (χ0) is 23.9. The summed E-state index contributed by atoms with van der Waals surface area (Å²) < 4.78 is 30.9. The number of nitrogens with zero attached hydrogens (tertiary/aromatic N) is 1. The molecule has 0 aliphatic carbocycles. The summed E-state index contributed by atoms with van der Waals surface area (Å²) in [5.74, 6) is 0.0449. The van der Waals surface area contributed by atoms with Crippen molar-refractivity contribution in [1.29, 1.82) is 0 Å². The van der Waals surface area contributed by atoms with Crippen LogP contribution in [0.2, 0.25) is 0 Å². The van der Waals surface area contributed by atoms with Crippen LogP contribution in [0, 0.1) is 5.82 Å². The molecule has 0 bridgehead atoms. The van der Waals surface area contributed by atoms with Gasteiger partial charge >= 0.3 is 5.97 Å². The van der Waals surface area contributed by atoms with Gasteiger partial charge in [-0.15, -0.1) is 0 Å². The summed E-state index contributed by atoms with van der Waals surface area (Å²) in [6, 6.07) is 20.5. The summed E-state index contributed by atoms with van der Waals surface area (Å²) in [7, 11) is 0. The molecule has 2 unspecified atom stereocenters. The average molecular weight is 464 g/mol. The Morgan fingerprint density at radius 1 is 1.06 bits per heavy atom. The molecule has 4 aromatic rings. The lowest BCUT2D eigenvalue weighted by molar-refractivity contribution is -0.145. The van der Waals surface area contributed by atoms with E-state index in [0.717, 1.165) is 11.1 Å². The maximum atomic E-state index is 13.3. The highest BCUT2D eigenvalue weighted by molar-refractivity contribution is 5.73. The van der Waals surface area contributed by atoms with E-state index >= 15 is 0 Å². The minimum absolute atomic E-state index is 0.348. The Kier molecular flexibility index (Phi) is 7.39. The van der Waals surface area contributed by atoms with Gasteiger partial charge < -0.3 is 24.3 Å². The number of ether oxygens (including phenoxy) is 2. The van der Waals surface area contributed by atoms with Crippen LogP contribution in [-0.2, 0) is 11.3 Å². The molecule has 0 spiro atoms. The van der Waals surface area contributed by atoms with Gasteiger partial charge in [-0.1, -0.05) is 31.2 Å². The topological polar surface area (TPSA) is 93.8 Å². The number of hydrogen-bond donors (Lipinski definition) is 2. The van der Waals surface area contributed by atoms with E-state index in [1.54, 1.807) is 31.2 Å². The van der Waals surface area contributed by atoms with Gasteiger partial charge in [-0.05, 0) is 60.5 Å². The Labute approximate surface area is 196 Å². The SMILES string of the molecule is CCC(Oc1cccc(CNCC(Oc2ccc(F)cc2)c2nc3ccccc3o2)c1)C(=O)O. The fourth-order valence-electron chi connectivity index (χ4n) is 3.43. The standard InChI is InChI=1S/C26H25FN2O5/c1-2-22(26(30)31)33-20-7-5-6-17(14-20)15-28-16-24(32-19-12-10-18(27)11-13-19)25-29-21-8-3-4-9-23(21)34-25/h3-14,22,24,28H,2,15-16H2,1H3,(H,30,31). The summed E-state index contributed by atoms with van der Waals surface area (Å²) in [5, 5.41) is 12.5. The van der Waals surface area contributed by atoms with Gasteiger partial charge in [0.15, 0.2) is 17.8 Å². The number of fused-ring (bicyclic) bond motifs is 1. The Morgan fingerprint density at radius 3 is 2.59 bits per heavy atom. The predicted octanol–water partition coefficient (Wildman–Crippen LogP) is 5.12. The number of carboxylic acids is 1. The van der Waals surface area contributed by atoms with Gasteiger partial charge in [0, 0.05) is 13.1 Å². The molecule has 34 heavy (non-hydrogen) atoms. The molecule has 1 aromatic heterocycles. The van der Waals surface area contributed by atoms with Crippen molar-refractivity contribution in [2.45, 2.75) is 32.1 Å². The van der Waals surface area contributed by atoms with Gasteiger partial charge in [0.05, 0.1) is 0 Å². The lowest BCUT2D eigenvalue weighted by Gasteiger charge is -2.17. The lowest BCUT2D eigenvalue weighted by Crippen LogP contribution is -2.26. The smallest absolute Gasteiger partial charge is 0.344 e. The molecule has 4 rings (SSSR count). The number of oxazole rings is 1. The highest BCUT2D eigenvalue weighted by Gasteiger charge is 2.21. The van der Waals surface area contributed by atoms with Crippen molar-refractivity contribution >= 4 is 17.1 Å². The van der Waals surface area contributed by atoms with Crippen LogP contribution in [0.15, 0.2) is 77.2 Å². The van der Waals surface area contributed by atoms with E-state index in [0.29, 0.717) is 42.5 Å². The molecule has 0 saturated heterocycles. The molecule has 2 N–H and O–H groups in total. The number of halogens is 1. The van der Waals surface area contributed by atoms with Crippen molar-refractivity contribution in [3.05, 3.63) is 90.1 Å². The Hall–Kier alpha value is -3.91. The number of aliphatic carboxylic acids is 1. The third-order valence-electron chi connectivity index (χ3n) is 5.16. The lowest BCUT2D eigenvalue weighted by atomic mass is 10.2. The highest BCUT2D eigenvalue weighted by Crippen LogP contribution is 2.25. The second-order valence-corrected chi connectivity index (χ2v) is 7.71. The van der Waals surface area contributed by atoms with Crippen LogP contribution in [0.4, 0.5) is 4.39 Å². The van der Waals surface area contributed by atoms with E-state index in [1.807, 2.05) is 36.4 Å². The first-order valence-electron chi connectivity index (χ1n) is 11.0. The van der Waals surface area contributed by atoms with Crippen molar-refractivity contribution in [3.63, 3.8) is 0 Å². The minimum Gasteiger partial charge on any atom is -0.479 e. The largest absolute Gasteiger partial charge is 0.479 e. The van der Waals surface area contributed by atoms with Crippen molar-refractivity contribution in [1.82, 2.24) is 10.3 Å². The highest BCUT2D eigenvalue weighted by atomic mass is 19.1. The molecule has 7 nitrogen and oxygen atoms in total. The van der Waals surface area contributed by atoms with Crippen molar-refractivity contribution < 1.29 is 28.2 Å². The number of nitrogens with one attached hydrogen (secondary N) is 1. The van der Waals surface area contributed by atoms with E-state index in [1.165, 1.54) is 12.1 Å². The molecule has 176 valence electrons. The monoisotopic (exact) mass is 464 g/mol. The molecule has 0 amide bonds. The molecule has 0 fully saturated rings. The van der Waals surface area contributed by atoms with Gasteiger partial charge in [-0.3, -0.25) is 0 Å². The van der Waals surface area contributed by atoms with Crippen LogP contribution in [0.3, 0.4) is 0 Å². The zero-order valence-corrected chi connectivity index (χ0v) is 18.6. The van der Waals surface area contributed by atoms with E-state index in [2.05, 4.69) is 10.3 Å². The number of hydrogen-bond acceptors (Lipinski definition) is 6. The number of carboxylic acid groups (broad SMARTS) is 1. The van der Waals surface area contributed by atoms with E-state index < -0.39 is 18.2 Å². The van der Waals surface area contributed by atoms with Gasteiger partial charge in [-0.2, -0.15) is 0 Å². The van der Waals surface area contributed by atoms with Crippen LogP contribution in [0.1, 0.15) is 30.9 Å². The van der Waals surface area contributed by atoms with Crippen LogP contribution in [0.5, 0.6) is 11.5 Å². The van der Waals surface area contributed by atoms with Crippen LogP contribution < -0.4 is 14.8 Å². The molecule has 0 aliphatic heterocycles. The molecule has 3 aromatic carbocycles. The summed E-state index contributed by atoms with van der Waals surface area (Å²) in [4.78, 5) is 15.8. The minimum atomic E-state index is -0.995. The van der Waals surface area contributed by atoms with E-state index in [4.69, 9.17) is 13.9 Å². The summed E-state index contributed by atoms with van der Waals surface area (Å²) >= 11 is 0. The number of carbonyl (C=O) groups is 1. The van der Waals surface area contributed by atoms with Gasteiger partial charge in [-0.25, -0.2) is 14.2 Å². The first-order valence-corrected chi connectivity index (χ1v) is 11.0. The number of rotatable bonds is 11. The maximum Gasteiger partial charge on any atom is 0.344 e. The average Bonchev–Trinajstić information content (AvgIpc) is 3.27. The maximum absolute atomic E-state index is 13.3.